The average Bonchev–Trinajstić information content (AvgIpc) is 2.09. The molecule has 0 atom stereocenters. The predicted molar refractivity (Wildman–Crippen MR) is 63.9 cm³/mol. The Morgan fingerprint density at radius 2 is 1.75 bits per heavy atom. The van der Waals surface area contributed by atoms with Gasteiger partial charge in [0.2, 0.25) is 0 Å². The second-order valence-electron chi connectivity index (χ2n) is 4.11. The quantitative estimate of drug-likeness (QED) is 0.402. The van der Waals surface area contributed by atoms with E-state index in [4.69, 9.17) is 0 Å². The van der Waals surface area contributed by atoms with E-state index in [2.05, 4.69) is 29.5 Å². The van der Waals surface area contributed by atoms with Crippen molar-refractivity contribution in [1.29, 1.82) is 0 Å². The summed E-state index contributed by atoms with van der Waals surface area (Å²) in [5.41, 5.74) is 0. The Hall–Kier alpha value is 0.730. The number of alkyl halides is 1. The van der Waals surface area contributed by atoms with Crippen molar-refractivity contribution in [1.82, 2.24) is 0 Å². The number of unbranched alkanes of at least 4 members (excludes halogenated alkanes) is 2. The first-order chi connectivity index (χ1) is 5.83. The van der Waals surface area contributed by atoms with E-state index in [1.165, 1.54) is 51.4 Å². The van der Waals surface area contributed by atoms with Gasteiger partial charge in [-0.15, -0.1) is 0 Å². The van der Waals surface area contributed by atoms with Crippen LogP contribution in [0.4, 0.5) is 0 Å². The van der Waals surface area contributed by atoms with E-state index in [1.807, 2.05) is 0 Å². The highest BCUT2D eigenvalue weighted by molar-refractivity contribution is 14.1. The highest BCUT2D eigenvalue weighted by atomic mass is 127. The van der Waals surface area contributed by atoms with Crippen LogP contribution in [-0.4, -0.2) is 3.92 Å². The van der Waals surface area contributed by atoms with Gasteiger partial charge in [0, 0.05) is 3.92 Å². The largest absolute Gasteiger partial charge is 0.0826 e. The van der Waals surface area contributed by atoms with E-state index < -0.39 is 0 Å². The van der Waals surface area contributed by atoms with Crippen LogP contribution in [0, 0.1) is 5.92 Å². The third-order valence-electron chi connectivity index (χ3n) is 2.99. The van der Waals surface area contributed by atoms with Crippen molar-refractivity contribution in [2.45, 2.75) is 62.2 Å². The molecule has 1 aliphatic carbocycles. The lowest BCUT2D eigenvalue weighted by Gasteiger charge is -2.24. The molecule has 0 unspecified atom stereocenters. The summed E-state index contributed by atoms with van der Waals surface area (Å²) in [5.74, 6) is 1.09. The van der Waals surface area contributed by atoms with Gasteiger partial charge in [0.1, 0.15) is 0 Å². The van der Waals surface area contributed by atoms with Gasteiger partial charge >= 0.3 is 0 Å². The Balaban J connectivity index is 2.01. The molecule has 1 heteroatoms. The SMILES string of the molecule is CCCCCC1CCC(I)CC1. The molecule has 0 spiro atoms. The lowest BCUT2D eigenvalue weighted by Crippen LogP contribution is -2.13. The molecular weight excluding hydrogens is 259 g/mol. The third-order valence-corrected chi connectivity index (χ3v) is 4.24. The molecule has 0 aromatic carbocycles. The zero-order valence-corrected chi connectivity index (χ0v) is 10.3. The molecule has 0 nitrogen and oxygen atoms in total. The van der Waals surface area contributed by atoms with E-state index in [0.29, 0.717) is 0 Å². The Morgan fingerprint density at radius 1 is 1.08 bits per heavy atom. The van der Waals surface area contributed by atoms with Crippen LogP contribution in [0.1, 0.15) is 58.3 Å². The van der Waals surface area contributed by atoms with Gasteiger partial charge in [-0.3, -0.25) is 0 Å². The first-order valence-electron chi connectivity index (χ1n) is 5.47. The highest BCUT2D eigenvalue weighted by Gasteiger charge is 2.18. The van der Waals surface area contributed by atoms with Crippen molar-refractivity contribution in [2.75, 3.05) is 0 Å². The van der Waals surface area contributed by atoms with Crippen molar-refractivity contribution in [3.63, 3.8) is 0 Å². The molecule has 1 fully saturated rings. The summed E-state index contributed by atoms with van der Waals surface area (Å²) in [5, 5.41) is 0. The molecule has 0 heterocycles. The fourth-order valence-electron chi connectivity index (χ4n) is 2.09. The normalized spacial score (nSPS) is 30.5. The maximum Gasteiger partial charge on any atom is 0.0110 e. The smallest absolute Gasteiger partial charge is 0.0110 e. The molecule has 0 amide bonds. The van der Waals surface area contributed by atoms with E-state index in [-0.39, 0.29) is 0 Å². The number of halogens is 1. The van der Waals surface area contributed by atoms with Gasteiger partial charge in [-0.2, -0.15) is 0 Å². The molecule has 0 radical (unpaired) electrons. The third kappa shape index (κ3) is 4.11. The summed E-state index contributed by atoms with van der Waals surface area (Å²) in [4.78, 5) is 0. The van der Waals surface area contributed by atoms with Gasteiger partial charge in [-0.25, -0.2) is 0 Å². The first-order valence-corrected chi connectivity index (χ1v) is 6.71. The van der Waals surface area contributed by atoms with Crippen LogP contribution in [0.25, 0.3) is 0 Å². The number of hydrogen-bond acceptors (Lipinski definition) is 0. The second kappa shape index (κ2) is 6.22. The molecular formula is C11H21I. The van der Waals surface area contributed by atoms with Crippen LogP contribution in [0.2, 0.25) is 0 Å². The van der Waals surface area contributed by atoms with Crippen LogP contribution >= 0.6 is 22.6 Å². The standard InChI is InChI=1S/C11H21I/c1-2-3-4-5-10-6-8-11(12)9-7-10/h10-11H,2-9H2,1H3. The van der Waals surface area contributed by atoms with Gasteiger partial charge in [0.25, 0.3) is 0 Å². The summed E-state index contributed by atoms with van der Waals surface area (Å²) in [6.45, 7) is 2.29. The van der Waals surface area contributed by atoms with Crippen LogP contribution in [0.5, 0.6) is 0 Å². The molecule has 0 aromatic heterocycles. The summed E-state index contributed by atoms with van der Waals surface area (Å²) in [7, 11) is 0. The first kappa shape index (κ1) is 10.8. The average molecular weight is 280 g/mol. The van der Waals surface area contributed by atoms with Gasteiger partial charge in [-0.05, 0) is 31.6 Å². The monoisotopic (exact) mass is 280 g/mol. The lowest BCUT2D eigenvalue weighted by molar-refractivity contribution is 0.340. The summed E-state index contributed by atoms with van der Waals surface area (Å²) >= 11 is 2.61. The van der Waals surface area contributed by atoms with Crippen molar-refractivity contribution in [3.8, 4) is 0 Å². The zero-order chi connectivity index (χ0) is 8.81. The van der Waals surface area contributed by atoms with E-state index in [0.717, 1.165) is 9.84 Å². The minimum atomic E-state index is 0.991. The topological polar surface area (TPSA) is 0 Å². The Labute approximate surface area is 90.6 Å². The number of rotatable bonds is 4. The maximum atomic E-state index is 2.61. The van der Waals surface area contributed by atoms with Crippen molar-refractivity contribution < 1.29 is 0 Å². The fourth-order valence-corrected chi connectivity index (χ4v) is 2.81. The molecule has 0 aromatic rings. The van der Waals surface area contributed by atoms with Crippen molar-refractivity contribution >= 4 is 22.6 Å². The molecule has 1 saturated carbocycles. The summed E-state index contributed by atoms with van der Waals surface area (Å²) in [6.07, 6.45) is 11.8. The fraction of sp³-hybridized carbons (Fsp3) is 1.00. The molecule has 1 rings (SSSR count). The second-order valence-corrected chi connectivity index (χ2v) is 5.88. The minimum Gasteiger partial charge on any atom is -0.0826 e. The molecule has 0 aliphatic heterocycles. The summed E-state index contributed by atoms with van der Waals surface area (Å²) in [6, 6.07) is 0. The molecule has 12 heavy (non-hydrogen) atoms. The summed E-state index contributed by atoms with van der Waals surface area (Å²) < 4.78 is 0.991. The Morgan fingerprint density at radius 3 is 2.33 bits per heavy atom. The van der Waals surface area contributed by atoms with Crippen LogP contribution in [0.3, 0.4) is 0 Å². The van der Waals surface area contributed by atoms with Gasteiger partial charge in [-0.1, -0.05) is 55.2 Å². The van der Waals surface area contributed by atoms with Crippen LogP contribution in [-0.2, 0) is 0 Å². The molecule has 0 bridgehead atoms. The molecule has 1 aliphatic rings. The van der Waals surface area contributed by atoms with Gasteiger partial charge in [0.05, 0.1) is 0 Å². The highest BCUT2D eigenvalue weighted by Crippen LogP contribution is 2.31. The van der Waals surface area contributed by atoms with E-state index in [1.54, 1.807) is 0 Å². The number of hydrogen-bond donors (Lipinski definition) is 0. The predicted octanol–water partition coefficient (Wildman–Crippen LogP) is 4.56. The molecule has 0 N–H and O–H groups in total. The maximum absolute atomic E-state index is 2.61. The minimum absolute atomic E-state index is 0.991. The zero-order valence-electron chi connectivity index (χ0n) is 8.19. The van der Waals surface area contributed by atoms with Gasteiger partial charge < -0.3 is 0 Å². The van der Waals surface area contributed by atoms with Crippen molar-refractivity contribution in [2.24, 2.45) is 5.92 Å². The Bertz CT molecular complexity index is 104. The van der Waals surface area contributed by atoms with E-state index in [9.17, 15) is 0 Å². The molecule has 72 valence electrons. The van der Waals surface area contributed by atoms with E-state index >= 15 is 0 Å². The van der Waals surface area contributed by atoms with Gasteiger partial charge in [0.15, 0.2) is 0 Å². The lowest BCUT2D eigenvalue weighted by atomic mass is 9.85. The van der Waals surface area contributed by atoms with Crippen LogP contribution < -0.4 is 0 Å². The Kier molecular flexibility index (Phi) is 5.61. The molecule has 0 saturated heterocycles. The van der Waals surface area contributed by atoms with Crippen LogP contribution in [0.15, 0.2) is 0 Å². The van der Waals surface area contributed by atoms with Crippen molar-refractivity contribution in [3.05, 3.63) is 0 Å².